The number of hydrogen-bond acceptors (Lipinski definition) is 6. The van der Waals surface area contributed by atoms with E-state index in [0.29, 0.717) is 10.6 Å². The van der Waals surface area contributed by atoms with E-state index in [0.717, 1.165) is 10.6 Å². The van der Waals surface area contributed by atoms with Crippen molar-refractivity contribution in [3.05, 3.63) is 34.9 Å². The van der Waals surface area contributed by atoms with Crippen molar-refractivity contribution in [2.75, 3.05) is 12.8 Å². The zero-order valence-electron chi connectivity index (χ0n) is 8.61. The Morgan fingerprint density at radius 1 is 1.56 bits per heavy atom. The number of carbonyl (C=O) groups excluding carboxylic acids is 1. The molecule has 84 valence electrons. The first-order valence-corrected chi connectivity index (χ1v) is 5.40. The molecule has 2 rings (SSSR count). The lowest BCUT2D eigenvalue weighted by Gasteiger charge is -2.11. The lowest BCUT2D eigenvalue weighted by atomic mass is 10.2. The van der Waals surface area contributed by atoms with Crippen molar-refractivity contribution in [2.24, 2.45) is 0 Å². The topological polar surface area (TPSA) is 76.4 Å². The maximum atomic E-state index is 11.4. The number of esters is 1. The summed E-state index contributed by atoms with van der Waals surface area (Å²) >= 11 is 1.34. The number of rotatable bonds is 2. The molecule has 5 nitrogen and oxygen atoms in total. The molecule has 0 saturated heterocycles. The highest BCUT2D eigenvalue weighted by atomic mass is 32.1. The fourth-order valence-electron chi connectivity index (χ4n) is 1.30. The number of carbonyl (C=O) groups is 1. The van der Waals surface area contributed by atoms with Crippen LogP contribution in [0.3, 0.4) is 0 Å². The van der Waals surface area contributed by atoms with E-state index < -0.39 is 5.97 Å². The number of hydrazine groups is 1. The van der Waals surface area contributed by atoms with Crippen LogP contribution in [0.4, 0.5) is 5.00 Å². The molecule has 0 atom stereocenters. The molecule has 0 fully saturated rings. The molecule has 0 unspecified atom stereocenters. The number of hydrogen-bond donors (Lipinski definition) is 3. The number of nitrogen functional groups attached to an aromatic ring is 1. The number of nitrogens with one attached hydrogen (secondary N) is 2. The lowest BCUT2D eigenvalue weighted by Crippen LogP contribution is -2.26. The number of methoxy groups -OCH3 is 1. The summed E-state index contributed by atoms with van der Waals surface area (Å²) in [6.07, 6.45) is 5.52. The van der Waals surface area contributed by atoms with Crippen LogP contribution in [0.25, 0.3) is 5.70 Å². The van der Waals surface area contributed by atoms with Gasteiger partial charge in [-0.2, -0.15) is 0 Å². The Morgan fingerprint density at radius 2 is 2.38 bits per heavy atom. The third-order valence-electron chi connectivity index (χ3n) is 2.08. The monoisotopic (exact) mass is 237 g/mol. The molecule has 0 saturated carbocycles. The zero-order valence-corrected chi connectivity index (χ0v) is 9.43. The van der Waals surface area contributed by atoms with Crippen LogP contribution < -0.4 is 16.6 Å². The average Bonchev–Trinajstić information content (AvgIpc) is 2.71. The minimum atomic E-state index is -0.417. The minimum Gasteiger partial charge on any atom is -0.465 e. The van der Waals surface area contributed by atoms with E-state index >= 15 is 0 Å². The van der Waals surface area contributed by atoms with Gasteiger partial charge in [0.1, 0.15) is 5.00 Å². The van der Waals surface area contributed by atoms with Crippen molar-refractivity contribution >= 4 is 28.0 Å². The molecule has 1 aromatic rings. The summed E-state index contributed by atoms with van der Waals surface area (Å²) < 4.78 is 4.64. The molecule has 6 heteroatoms. The molecule has 0 bridgehead atoms. The van der Waals surface area contributed by atoms with E-state index in [1.807, 2.05) is 12.2 Å². The Morgan fingerprint density at radius 3 is 3.00 bits per heavy atom. The second-order valence-corrected chi connectivity index (χ2v) is 4.17. The Balaban J connectivity index is 2.33. The molecule has 2 heterocycles. The van der Waals surface area contributed by atoms with Crippen LogP contribution in [0.2, 0.25) is 0 Å². The van der Waals surface area contributed by atoms with Gasteiger partial charge in [0.25, 0.3) is 0 Å². The van der Waals surface area contributed by atoms with Crippen molar-refractivity contribution in [3.8, 4) is 0 Å². The van der Waals surface area contributed by atoms with Crippen LogP contribution in [0.15, 0.2) is 24.4 Å². The highest BCUT2D eigenvalue weighted by molar-refractivity contribution is 7.17. The van der Waals surface area contributed by atoms with Crippen molar-refractivity contribution < 1.29 is 9.53 Å². The predicted molar refractivity (Wildman–Crippen MR) is 63.5 cm³/mol. The van der Waals surface area contributed by atoms with Crippen LogP contribution in [-0.2, 0) is 4.74 Å². The molecule has 1 aromatic heterocycles. The van der Waals surface area contributed by atoms with Crippen molar-refractivity contribution in [3.63, 3.8) is 0 Å². The first kappa shape index (κ1) is 10.6. The van der Waals surface area contributed by atoms with Gasteiger partial charge < -0.3 is 21.3 Å². The summed E-state index contributed by atoms with van der Waals surface area (Å²) in [4.78, 5) is 12.2. The maximum Gasteiger partial charge on any atom is 0.340 e. The first-order chi connectivity index (χ1) is 7.72. The lowest BCUT2D eigenvalue weighted by molar-refractivity contribution is 0.0602. The van der Waals surface area contributed by atoms with Crippen molar-refractivity contribution in [1.82, 2.24) is 10.9 Å². The van der Waals surface area contributed by atoms with Gasteiger partial charge in [-0.15, -0.1) is 11.3 Å². The second-order valence-electron chi connectivity index (χ2n) is 3.09. The molecule has 0 radical (unpaired) electrons. The summed E-state index contributed by atoms with van der Waals surface area (Å²) in [6.45, 7) is 0. The second kappa shape index (κ2) is 4.28. The van der Waals surface area contributed by atoms with E-state index in [-0.39, 0.29) is 0 Å². The minimum absolute atomic E-state index is 0.403. The van der Waals surface area contributed by atoms with Gasteiger partial charge in [0.05, 0.1) is 23.2 Å². The van der Waals surface area contributed by atoms with E-state index in [1.54, 1.807) is 12.3 Å². The first-order valence-electron chi connectivity index (χ1n) is 4.58. The summed E-state index contributed by atoms with van der Waals surface area (Å²) in [5.41, 5.74) is 12.8. The summed E-state index contributed by atoms with van der Waals surface area (Å²) in [7, 11) is 1.33. The van der Waals surface area contributed by atoms with Gasteiger partial charge in [-0.1, -0.05) is 0 Å². The average molecular weight is 237 g/mol. The van der Waals surface area contributed by atoms with Gasteiger partial charge in [-0.3, -0.25) is 0 Å². The summed E-state index contributed by atoms with van der Waals surface area (Å²) in [5, 5.41) is 0.458. The number of anilines is 1. The smallest absolute Gasteiger partial charge is 0.340 e. The van der Waals surface area contributed by atoms with E-state index in [9.17, 15) is 4.79 Å². The van der Waals surface area contributed by atoms with Crippen LogP contribution in [-0.4, -0.2) is 13.1 Å². The van der Waals surface area contributed by atoms with Crippen LogP contribution in [0, 0.1) is 0 Å². The van der Waals surface area contributed by atoms with Gasteiger partial charge in [-0.05, 0) is 18.2 Å². The third kappa shape index (κ3) is 1.87. The number of nitrogens with two attached hydrogens (primary N) is 1. The normalized spacial score (nSPS) is 13.7. The van der Waals surface area contributed by atoms with Gasteiger partial charge in [0.15, 0.2) is 0 Å². The quantitative estimate of drug-likeness (QED) is 0.671. The molecule has 0 amide bonds. The highest BCUT2D eigenvalue weighted by Gasteiger charge is 2.16. The van der Waals surface area contributed by atoms with Gasteiger partial charge in [-0.25, -0.2) is 4.79 Å². The molecule has 0 spiro atoms. The number of allylic oxidation sites excluding steroid dienone is 2. The van der Waals surface area contributed by atoms with E-state index in [2.05, 4.69) is 15.6 Å². The predicted octanol–water partition coefficient (Wildman–Crippen LogP) is 1.08. The molecule has 1 aliphatic heterocycles. The van der Waals surface area contributed by atoms with Gasteiger partial charge >= 0.3 is 5.97 Å². The SMILES string of the molecule is COC(=O)c1cc(C2=CC=CNN2)sc1N. The Labute approximate surface area is 96.6 Å². The molecule has 16 heavy (non-hydrogen) atoms. The van der Waals surface area contributed by atoms with Crippen molar-refractivity contribution in [1.29, 1.82) is 0 Å². The highest BCUT2D eigenvalue weighted by Crippen LogP contribution is 2.30. The van der Waals surface area contributed by atoms with Crippen molar-refractivity contribution in [2.45, 2.75) is 0 Å². The zero-order chi connectivity index (χ0) is 11.5. The molecule has 4 N–H and O–H groups in total. The Bertz CT molecular complexity index is 476. The van der Waals surface area contributed by atoms with E-state index in [1.165, 1.54) is 18.4 Å². The molecule has 0 aromatic carbocycles. The summed E-state index contributed by atoms with van der Waals surface area (Å²) in [6, 6.07) is 1.71. The maximum absolute atomic E-state index is 11.4. The van der Waals surface area contributed by atoms with Crippen LogP contribution in [0.1, 0.15) is 15.2 Å². The fraction of sp³-hybridized carbons (Fsp3) is 0.100. The summed E-state index contributed by atoms with van der Waals surface area (Å²) in [5.74, 6) is -0.417. The number of ether oxygens (including phenoxy) is 1. The molecule has 1 aliphatic rings. The van der Waals surface area contributed by atoms with E-state index in [4.69, 9.17) is 5.73 Å². The molecular formula is C10H11N3O2S. The van der Waals surface area contributed by atoms with Gasteiger partial charge in [0.2, 0.25) is 0 Å². The Hall–Kier alpha value is -1.95. The van der Waals surface area contributed by atoms with Crippen LogP contribution >= 0.6 is 11.3 Å². The fourth-order valence-corrected chi connectivity index (χ4v) is 2.20. The largest absolute Gasteiger partial charge is 0.465 e. The Kier molecular flexibility index (Phi) is 2.82. The number of thiophene rings is 1. The van der Waals surface area contributed by atoms with Crippen LogP contribution in [0.5, 0.6) is 0 Å². The molecule has 0 aliphatic carbocycles. The third-order valence-corrected chi connectivity index (χ3v) is 3.08. The van der Waals surface area contributed by atoms with Gasteiger partial charge in [0, 0.05) is 6.20 Å². The standard InChI is InChI=1S/C10H11N3O2S/c1-15-10(14)6-5-8(16-9(6)11)7-3-2-4-12-13-7/h2-5,12-13H,11H2,1H3. The molecular weight excluding hydrogens is 226 g/mol.